The van der Waals surface area contributed by atoms with E-state index in [2.05, 4.69) is 33.6 Å². The van der Waals surface area contributed by atoms with Crippen molar-refractivity contribution in [3.8, 4) is 0 Å². The minimum Gasteiger partial charge on any atom is -0.370 e. The zero-order valence-corrected chi connectivity index (χ0v) is 14.5. The molecule has 4 nitrogen and oxygen atoms in total. The molecule has 2 rings (SSSR count). The molecule has 1 aromatic rings. The smallest absolute Gasteiger partial charge is 0.188 e. The van der Waals surface area contributed by atoms with Crippen LogP contribution in [0.25, 0.3) is 0 Å². The molecule has 1 aliphatic rings. The molecule has 0 atom stereocenters. The Labute approximate surface area is 136 Å². The number of hydrogen-bond acceptors (Lipinski definition) is 3. The minimum atomic E-state index is 0. The van der Waals surface area contributed by atoms with Gasteiger partial charge < -0.3 is 11.1 Å². The highest BCUT2D eigenvalue weighted by atomic mass is 127. The third-order valence-electron chi connectivity index (χ3n) is 3.13. The number of guanidine groups is 1. The fourth-order valence-corrected chi connectivity index (χ4v) is 3.02. The van der Waals surface area contributed by atoms with Gasteiger partial charge >= 0.3 is 0 Å². The van der Waals surface area contributed by atoms with E-state index in [1.54, 1.807) is 4.88 Å². The Kier molecular flexibility index (Phi) is 7.70. The zero-order valence-electron chi connectivity index (χ0n) is 11.4. The van der Waals surface area contributed by atoms with Crippen molar-refractivity contribution in [1.82, 2.24) is 10.2 Å². The predicted octanol–water partition coefficient (Wildman–Crippen LogP) is 2.04. The van der Waals surface area contributed by atoms with Gasteiger partial charge in [-0.1, -0.05) is 6.92 Å². The van der Waals surface area contributed by atoms with Gasteiger partial charge in [0, 0.05) is 37.6 Å². The number of nitrogens with one attached hydrogen (secondary N) is 1. The minimum absolute atomic E-state index is 0. The largest absolute Gasteiger partial charge is 0.370 e. The number of fused-ring (bicyclic) bond motifs is 1. The lowest BCUT2D eigenvalue weighted by Crippen LogP contribution is -2.40. The van der Waals surface area contributed by atoms with Gasteiger partial charge in [0.05, 0.1) is 0 Å². The maximum atomic E-state index is 5.76. The first-order valence-electron chi connectivity index (χ1n) is 6.61. The van der Waals surface area contributed by atoms with E-state index in [9.17, 15) is 0 Å². The highest BCUT2D eigenvalue weighted by Crippen LogP contribution is 2.23. The van der Waals surface area contributed by atoms with Crippen LogP contribution in [0.1, 0.15) is 23.8 Å². The van der Waals surface area contributed by atoms with E-state index in [0.29, 0.717) is 5.96 Å². The summed E-state index contributed by atoms with van der Waals surface area (Å²) in [6.07, 6.45) is 2.22. The summed E-state index contributed by atoms with van der Waals surface area (Å²) in [4.78, 5) is 8.25. The molecule has 0 fully saturated rings. The number of halogens is 1. The molecule has 19 heavy (non-hydrogen) atoms. The standard InChI is InChI=1S/C13H22N4S.HI/c1-2-5-15-13(14)16-6-8-17-7-3-12-11(10-17)4-9-18-12;/h4,9H,2-3,5-8,10H2,1H3,(H3,14,15,16);1H. The van der Waals surface area contributed by atoms with Gasteiger partial charge in [-0.2, -0.15) is 0 Å². The van der Waals surface area contributed by atoms with Gasteiger partial charge in [0.2, 0.25) is 0 Å². The van der Waals surface area contributed by atoms with Crippen molar-refractivity contribution < 1.29 is 0 Å². The van der Waals surface area contributed by atoms with Crippen LogP contribution in [0.15, 0.2) is 16.4 Å². The summed E-state index contributed by atoms with van der Waals surface area (Å²) < 4.78 is 0. The van der Waals surface area contributed by atoms with Crippen molar-refractivity contribution in [3.05, 3.63) is 21.9 Å². The van der Waals surface area contributed by atoms with Crippen LogP contribution in [-0.2, 0) is 13.0 Å². The highest BCUT2D eigenvalue weighted by Gasteiger charge is 2.16. The Bertz CT molecular complexity index is 405. The lowest BCUT2D eigenvalue weighted by Gasteiger charge is -2.26. The van der Waals surface area contributed by atoms with Crippen molar-refractivity contribution >= 4 is 41.3 Å². The molecule has 0 amide bonds. The number of nitrogens with two attached hydrogens (primary N) is 1. The van der Waals surface area contributed by atoms with Crippen molar-refractivity contribution in [2.45, 2.75) is 26.3 Å². The van der Waals surface area contributed by atoms with Crippen molar-refractivity contribution in [1.29, 1.82) is 0 Å². The summed E-state index contributed by atoms with van der Waals surface area (Å²) in [7, 11) is 0. The fraction of sp³-hybridized carbons (Fsp3) is 0.615. The van der Waals surface area contributed by atoms with E-state index in [1.165, 1.54) is 12.0 Å². The summed E-state index contributed by atoms with van der Waals surface area (Å²) in [5, 5.41) is 5.37. The Morgan fingerprint density at radius 2 is 2.42 bits per heavy atom. The molecule has 1 aromatic heterocycles. The van der Waals surface area contributed by atoms with Gasteiger partial charge in [-0.15, -0.1) is 35.3 Å². The summed E-state index contributed by atoms with van der Waals surface area (Å²) >= 11 is 1.88. The Morgan fingerprint density at radius 3 is 3.21 bits per heavy atom. The van der Waals surface area contributed by atoms with Gasteiger partial charge in [0.1, 0.15) is 0 Å². The van der Waals surface area contributed by atoms with Crippen LogP contribution in [0.4, 0.5) is 0 Å². The van der Waals surface area contributed by atoms with Gasteiger partial charge in [0.25, 0.3) is 0 Å². The summed E-state index contributed by atoms with van der Waals surface area (Å²) in [5.41, 5.74) is 7.26. The van der Waals surface area contributed by atoms with Crippen LogP contribution < -0.4 is 11.1 Å². The first-order chi connectivity index (χ1) is 8.79. The molecule has 0 saturated carbocycles. The third kappa shape index (κ3) is 5.27. The van der Waals surface area contributed by atoms with Crippen LogP contribution in [-0.4, -0.2) is 37.0 Å². The van der Waals surface area contributed by atoms with Crippen LogP contribution in [0, 0.1) is 0 Å². The van der Waals surface area contributed by atoms with Gasteiger partial charge in [-0.25, -0.2) is 0 Å². The van der Waals surface area contributed by atoms with Crippen LogP contribution >= 0.6 is 35.3 Å². The number of aliphatic imine (C=N–C) groups is 1. The van der Waals surface area contributed by atoms with E-state index in [4.69, 9.17) is 5.73 Å². The second kappa shape index (κ2) is 8.76. The molecular formula is C13H23IN4S. The average Bonchev–Trinajstić information content (AvgIpc) is 2.83. The maximum Gasteiger partial charge on any atom is 0.188 e. The highest BCUT2D eigenvalue weighted by molar-refractivity contribution is 14.0. The lowest BCUT2D eigenvalue weighted by molar-refractivity contribution is 0.260. The Morgan fingerprint density at radius 1 is 1.58 bits per heavy atom. The SMILES string of the molecule is CCCN=C(N)NCCN1CCc2sccc2C1.I. The summed E-state index contributed by atoms with van der Waals surface area (Å²) in [5.74, 6) is 0.574. The molecule has 6 heteroatoms. The molecule has 108 valence electrons. The molecule has 0 spiro atoms. The Balaban J connectivity index is 0.00000180. The third-order valence-corrected chi connectivity index (χ3v) is 4.15. The van der Waals surface area contributed by atoms with E-state index in [0.717, 1.165) is 39.1 Å². The molecule has 2 heterocycles. The second-order valence-electron chi connectivity index (χ2n) is 4.59. The number of nitrogens with zero attached hydrogens (tertiary/aromatic N) is 2. The van der Waals surface area contributed by atoms with Gasteiger partial charge in [-0.3, -0.25) is 9.89 Å². The first kappa shape index (κ1) is 16.7. The topological polar surface area (TPSA) is 53.6 Å². The van der Waals surface area contributed by atoms with Crippen LogP contribution in [0.3, 0.4) is 0 Å². The van der Waals surface area contributed by atoms with E-state index < -0.39 is 0 Å². The summed E-state index contributed by atoms with van der Waals surface area (Å²) in [6.45, 7) is 7.04. The van der Waals surface area contributed by atoms with Crippen molar-refractivity contribution in [2.75, 3.05) is 26.2 Å². The van der Waals surface area contributed by atoms with E-state index >= 15 is 0 Å². The second-order valence-corrected chi connectivity index (χ2v) is 5.59. The van der Waals surface area contributed by atoms with Crippen LogP contribution in [0.5, 0.6) is 0 Å². The molecular weight excluding hydrogens is 371 g/mol. The lowest BCUT2D eigenvalue weighted by atomic mass is 10.1. The van der Waals surface area contributed by atoms with Gasteiger partial charge in [0.15, 0.2) is 5.96 Å². The van der Waals surface area contributed by atoms with Crippen molar-refractivity contribution in [2.24, 2.45) is 10.7 Å². The van der Waals surface area contributed by atoms with Gasteiger partial charge in [-0.05, 0) is 29.9 Å². The molecule has 3 N–H and O–H groups in total. The monoisotopic (exact) mass is 394 g/mol. The Hall–Kier alpha value is -0.340. The average molecular weight is 394 g/mol. The molecule has 0 radical (unpaired) electrons. The van der Waals surface area contributed by atoms with E-state index in [-0.39, 0.29) is 24.0 Å². The number of rotatable bonds is 5. The molecule has 0 saturated heterocycles. The van der Waals surface area contributed by atoms with Crippen LogP contribution in [0.2, 0.25) is 0 Å². The molecule has 1 aliphatic heterocycles. The zero-order chi connectivity index (χ0) is 12.8. The molecule has 0 aliphatic carbocycles. The number of thiophene rings is 1. The molecule has 0 bridgehead atoms. The fourth-order valence-electron chi connectivity index (χ4n) is 2.13. The number of hydrogen-bond donors (Lipinski definition) is 2. The normalized spacial score (nSPS) is 15.7. The quantitative estimate of drug-likeness (QED) is 0.457. The van der Waals surface area contributed by atoms with E-state index in [1.807, 2.05) is 11.3 Å². The molecule has 0 unspecified atom stereocenters. The molecule has 0 aromatic carbocycles. The maximum absolute atomic E-state index is 5.76. The first-order valence-corrected chi connectivity index (χ1v) is 7.49. The summed E-state index contributed by atoms with van der Waals surface area (Å²) in [6, 6.07) is 2.25. The van der Waals surface area contributed by atoms with Crippen molar-refractivity contribution in [3.63, 3.8) is 0 Å². The predicted molar refractivity (Wildman–Crippen MR) is 93.5 cm³/mol.